The lowest BCUT2D eigenvalue weighted by Crippen LogP contribution is -2.05. The molecule has 94 valence electrons. The molecular weight excluding hydrogens is 228 g/mol. The smallest absolute Gasteiger partial charge is 0.343 e. The van der Waals surface area contributed by atoms with Gasteiger partial charge >= 0.3 is 5.97 Å². The zero-order valence-corrected chi connectivity index (χ0v) is 10.2. The van der Waals surface area contributed by atoms with Crippen molar-refractivity contribution in [2.75, 3.05) is 11.5 Å². The van der Waals surface area contributed by atoms with Gasteiger partial charge in [-0.2, -0.15) is 0 Å². The van der Waals surface area contributed by atoms with Gasteiger partial charge in [0.2, 0.25) is 0 Å². The monoisotopic (exact) mass is 244 g/mol. The standard InChI is InChI=1S/C14H16N2O2/c1-3-5-6-13(4-2)18-14(17)10-7-11(15)9-12(16)8-10/h3-9H,2,15-16H2,1H3/b5-3-,13-6+. The first-order valence-corrected chi connectivity index (χ1v) is 5.40. The molecule has 0 radical (unpaired) electrons. The predicted molar refractivity (Wildman–Crippen MR) is 73.8 cm³/mol. The van der Waals surface area contributed by atoms with Crippen LogP contribution in [-0.2, 0) is 4.74 Å². The molecule has 0 spiro atoms. The van der Waals surface area contributed by atoms with Gasteiger partial charge in [0.25, 0.3) is 0 Å². The lowest BCUT2D eigenvalue weighted by atomic mass is 10.2. The van der Waals surface area contributed by atoms with E-state index < -0.39 is 5.97 Å². The molecular formula is C14H16N2O2. The number of hydrogen-bond acceptors (Lipinski definition) is 4. The van der Waals surface area contributed by atoms with E-state index in [1.54, 1.807) is 18.2 Å². The van der Waals surface area contributed by atoms with Crippen LogP contribution in [0.1, 0.15) is 17.3 Å². The highest BCUT2D eigenvalue weighted by atomic mass is 16.5. The SMILES string of the molecule is C=C/C(=C\C=C/C)OC(=O)c1cc(N)cc(N)c1. The summed E-state index contributed by atoms with van der Waals surface area (Å²) in [6, 6.07) is 4.59. The molecule has 0 atom stereocenters. The van der Waals surface area contributed by atoms with Gasteiger partial charge in [-0.3, -0.25) is 0 Å². The molecule has 0 saturated carbocycles. The van der Waals surface area contributed by atoms with Gasteiger partial charge in [-0.15, -0.1) is 0 Å². The van der Waals surface area contributed by atoms with Gasteiger partial charge in [0.05, 0.1) is 5.56 Å². The summed E-state index contributed by atoms with van der Waals surface area (Å²) in [6.45, 7) is 5.43. The number of anilines is 2. The lowest BCUT2D eigenvalue weighted by Gasteiger charge is -2.06. The quantitative estimate of drug-likeness (QED) is 0.369. The fraction of sp³-hybridized carbons (Fsp3) is 0.0714. The van der Waals surface area contributed by atoms with E-state index in [1.807, 2.05) is 13.0 Å². The Morgan fingerprint density at radius 1 is 1.28 bits per heavy atom. The molecule has 0 fully saturated rings. The van der Waals surface area contributed by atoms with Crippen molar-refractivity contribution in [1.29, 1.82) is 0 Å². The Hall–Kier alpha value is -2.49. The third-order valence-corrected chi connectivity index (χ3v) is 2.08. The molecule has 0 saturated heterocycles. The molecule has 4 heteroatoms. The molecule has 0 amide bonds. The number of carbonyl (C=O) groups excluding carboxylic acids is 1. The zero-order valence-electron chi connectivity index (χ0n) is 10.2. The normalized spacial score (nSPS) is 11.5. The number of carbonyl (C=O) groups is 1. The second-order valence-corrected chi connectivity index (χ2v) is 3.58. The summed E-state index contributed by atoms with van der Waals surface area (Å²) < 4.78 is 5.14. The van der Waals surface area contributed by atoms with Crippen LogP contribution in [0, 0.1) is 0 Å². The molecule has 0 unspecified atom stereocenters. The number of ether oxygens (including phenoxy) is 1. The summed E-state index contributed by atoms with van der Waals surface area (Å²) in [4.78, 5) is 11.8. The maximum Gasteiger partial charge on any atom is 0.343 e. The van der Waals surface area contributed by atoms with Crippen LogP contribution in [0.4, 0.5) is 11.4 Å². The van der Waals surface area contributed by atoms with Gasteiger partial charge in [0.1, 0.15) is 5.76 Å². The van der Waals surface area contributed by atoms with Gasteiger partial charge in [-0.05, 0) is 37.3 Å². The second kappa shape index (κ2) is 6.30. The van der Waals surface area contributed by atoms with Gasteiger partial charge < -0.3 is 16.2 Å². The molecule has 0 heterocycles. The number of rotatable bonds is 4. The van der Waals surface area contributed by atoms with Gasteiger partial charge in [0.15, 0.2) is 0 Å². The van der Waals surface area contributed by atoms with E-state index >= 15 is 0 Å². The predicted octanol–water partition coefficient (Wildman–Crippen LogP) is 2.65. The Balaban J connectivity index is 2.90. The van der Waals surface area contributed by atoms with Crippen molar-refractivity contribution in [2.45, 2.75) is 6.92 Å². The van der Waals surface area contributed by atoms with Crippen LogP contribution in [0.3, 0.4) is 0 Å². The number of esters is 1. The molecule has 0 aliphatic heterocycles. The van der Waals surface area contributed by atoms with Crippen LogP contribution in [0.2, 0.25) is 0 Å². The lowest BCUT2D eigenvalue weighted by molar-refractivity contribution is 0.0637. The average Bonchev–Trinajstić information content (AvgIpc) is 2.32. The summed E-state index contributed by atoms with van der Waals surface area (Å²) >= 11 is 0. The second-order valence-electron chi connectivity index (χ2n) is 3.58. The van der Waals surface area contributed by atoms with Crippen molar-refractivity contribution in [1.82, 2.24) is 0 Å². The Morgan fingerprint density at radius 3 is 2.39 bits per heavy atom. The number of allylic oxidation sites excluding steroid dienone is 4. The average molecular weight is 244 g/mol. The molecule has 4 N–H and O–H groups in total. The van der Waals surface area contributed by atoms with E-state index in [9.17, 15) is 4.79 Å². The van der Waals surface area contributed by atoms with Crippen molar-refractivity contribution in [2.24, 2.45) is 0 Å². The maximum absolute atomic E-state index is 11.8. The Kier molecular flexibility index (Phi) is 4.75. The summed E-state index contributed by atoms with van der Waals surface area (Å²) in [5.74, 6) is -0.163. The molecule has 1 aromatic rings. The number of nitrogen functional groups attached to an aromatic ring is 2. The van der Waals surface area contributed by atoms with E-state index in [4.69, 9.17) is 16.2 Å². The molecule has 1 rings (SSSR count). The minimum atomic E-state index is -0.523. The van der Waals surface area contributed by atoms with Gasteiger partial charge in [0, 0.05) is 11.4 Å². The van der Waals surface area contributed by atoms with Gasteiger partial charge in [-0.1, -0.05) is 18.7 Å². The molecule has 0 aromatic heterocycles. The Bertz CT molecular complexity index is 496. The first kappa shape index (κ1) is 13.6. The van der Waals surface area contributed by atoms with Crippen LogP contribution in [-0.4, -0.2) is 5.97 Å². The fourth-order valence-electron chi connectivity index (χ4n) is 1.30. The number of benzene rings is 1. The third kappa shape index (κ3) is 3.83. The van der Waals surface area contributed by atoms with Crippen molar-refractivity contribution in [3.63, 3.8) is 0 Å². The Labute approximate surface area is 106 Å². The molecule has 4 nitrogen and oxygen atoms in total. The highest BCUT2D eigenvalue weighted by molar-refractivity contribution is 5.92. The fourth-order valence-corrected chi connectivity index (χ4v) is 1.30. The summed E-state index contributed by atoms with van der Waals surface area (Å²) in [5, 5.41) is 0. The van der Waals surface area contributed by atoms with E-state index in [-0.39, 0.29) is 0 Å². The van der Waals surface area contributed by atoms with E-state index in [2.05, 4.69) is 6.58 Å². The summed E-state index contributed by atoms with van der Waals surface area (Å²) in [5.41, 5.74) is 12.4. The van der Waals surface area contributed by atoms with Crippen LogP contribution in [0.25, 0.3) is 0 Å². The summed E-state index contributed by atoms with van der Waals surface area (Å²) in [6.07, 6.45) is 6.65. The van der Waals surface area contributed by atoms with E-state index in [0.29, 0.717) is 22.7 Å². The molecule has 0 bridgehead atoms. The maximum atomic E-state index is 11.8. The number of hydrogen-bond donors (Lipinski definition) is 2. The van der Waals surface area contributed by atoms with Crippen molar-refractivity contribution in [3.05, 3.63) is 60.4 Å². The van der Waals surface area contributed by atoms with Gasteiger partial charge in [-0.25, -0.2) is 4.79 Å². The van der Waals surface area contributed by atoms with Crippen molar-refractivity contribution >= 4 is 17.3 Å². The highest BCUT2D eigenvalue weighted by Gasteiger charge is 2.09. The minimum Gasteiger partial charge on any atom is -0.423 e. The topological polar surface area (TPSA) is 78.3 Å². The molecule has 1 aromatic carbocycles. The number of nitrogens with two attached hydrogens (primary N) is 2. The molecule has 0 aliphatic rings. The van der Waals surface area contributed by atoms with Crippen LogP contribution in [0.15, 0.2) is 54.8 Å². The minimum absolute atomic E-state index is 0.306. The van der Waals surface area contributed by atoms with Crippen molar-refractivity contribution < 1.29 is 9.53 Å². The molecule has 0 aliphatic carbocycles. The third-order valence-electron chi connectivity index (χ3n) is 2.08. The van der Waals surface area contributed by atoms with Crippen LogP contribution < -0.4 is 11.5 Å². The van der Waals surface area contributed by atoms with Crippen molar-refractivity contribution in [3.8, 4) is 0 Å². The summed E-state index contributed by atoms with van der Waals surface area (Å²) in [7, 11) is 0. The van der Waals surface area contributed by atoms with E-state index in [0.717, 1.165) is 0 Å². The Morgan fingerprint density at radius 2 is 1.89 bits per heavy atom. The zero-order chi connectivity index (χ0) is 13.5. The largest absolute Gasteiger partial charge is 0.423 e. The van der Waals surface area contributed by atoms with E-state index in [1.165, 1.54) is 18.2 Å². The van der Waals surface area contributed by atoms with Crippen LogP contribution >= 0.6 is 0 Å². The van der Waals surface area contributed by atoms with Crippen LogP contribution in [0.5, 0.6) is 0 Å². The highest BCUT2D eigenvalue weighted by Crippen LogP contribution is 2.16. The molecule has 18 heavy (non-hydrogen) atoms. The first-order valence-electron chi connectivity index (χ1n) is 5.40. The first-order chi connectivity index (χ1) is 8.56.